The zero-order valence-corrected chi connectivity index (χ0v) is 60.7. The van der Waals surface area contributed by atoms with Gasteiger partial charge in [-0.2, -0.15) is 0 Å². The van der Waals surface area contributed by atoms with E-state index in [4.69, 9.17) is 71.1 Å². The Labute approximate surface area is 616 Å². The Hall–Kier alpha value is -2.22. The van der Waals surface area contributed by atoms with Gasteiger partial charge in [0.05, 0.1) is 58.0 Å². The summed E-state index contributed by atoms with van der Waals surface area (Å²) in [5, 5.41) is 224. The molecule has 614 valence electrons. The number of hydrogen-bond acceptors (Lipinski definition) is 37. The second-order valence-electron chi connectivity index (χ2n) is 34.1. The van der Waals surface area contributed by atoms with Gasteiger partial charge in [0.25, 0.3) is 0 Å². The molecule has 44 atom stereocenters. The third-order valence-electron chi connectivity index (χ3n) is 28.1. The molecule has 8 heterocycles. The lowest BCUT2D eigenvalue weighted by atomic mass is 9.30. The molecule has 8 saturated heterocycles. The number of carbonyl (C=O) groups is 2. The van der Waals surface area contributed by atoms with Crippen molar-refractivity contribution in [2.75, 3.05) is 39.6 Å². The van der Waals surface area contributed by atoms with Crippen molar-refractivity contribution in [2.24, 2.45) is 50.2 Å². The van der Waals surface area contributed by atoms with E-state index in [-0.39, 0.29) is 23.7 Å². The highest BCUT2D eigenvalue weighted by atomic mass is 16.8. The molecule has 0 aromatic carbocycles. The van der Waals surface area contributed by atoms with Crippen LogP contribution in [0.4, 0.5) is 0 Å². The summed E-state index contributed by atoms with van der Waals surface area (Å²) in [7, 11) is 0. The molecule has 13 rings (SSSR count). The normalized spacial score (nSPS) is 56.9. The van der Waals surface area contributed by atoms with Crippen LogP contribution in [0.5, 0.6) is 0 Å². The van der Waals surface area contributed by atoms with Gasteiger partial charge in [0.15, 0.2) is 44.0 Å². The summed E-state index contributed by atoms with van der Waals surface area (Å²) in [6.07, 6.45) is -59.6. The second-order valence-corrected chi connectivity index (χ2v) is 34.1. The molecule has 0 unspecified atom stereocenters. The van der Waals surface area contributed by atoms with Crippen LogP contribution in [0.15, 0.2) is 0 Å². The molecule has 107 heavy (non-hydrogen) atoms. The zero-order chi connectivity index (χ0) is 77.6. The molecule has 2 bridgehead atoms. The highest BCUT2D eigenvalue weighted by molar-refractivity contribution is 5.83. The van der Waals surface area contributed by atoms with Crippen LogP contribution in [0.1, 0.15) is 113 Å². The Morgan fingerprint density at radius 2 is 0.925 bits per heavy atom. The third-order valence-corrected chi connectivity index (χ3v) is 28.1. The van der Waals surface area contributed by atoms with Crippen LogP contribution in [0, 0.1) is 50.2 Å². The Bertz CT molecular complexity index is 3070. The molecule has 8 aliphatic heterocycles. The number of ether oxygens (including phenoxy) is 15. The zero-order valence-electron chi connectivity index (χ0n) is 60.7. The van der Waals surface area contributed by atoms with Gasteiger partial charge in [0, 0.05) is 16.7 Å². The Balaban J connectivity index is 0.792. The molecular formula is C70H112O37. The molecule has 0 aromatic rings. The van der Waals surface area contributed by atoms with Crippen LogP contribution in [0.3, 0.4) is 0 Å². The fraction of sp³-hybridized carbons (Fsp3) is 0.971. The van der Waals surface area contributed by atoms with E-state index in [1.165, 1.54) is 6.92 Å². The number of rotatable bonds is 19. The second kappa shape index (κ2) is 30.8. The van der Waals surface area contributed by atoms with E-state index in [0.717, 1.165) is 6.29 Å². The van der Waals surface area contributed by atoms with Crippen LogP contribution in [-0.2, 0) is 80.6 Å². The molecule has 37 nitrogen and oxygen atoms in total. The molecule has 0 radical (unpaired) electrons. The maximum absolute atomic E-state index is 14.4. The summed E-state index contributed by atoms with van der Waals surface area (Å²) < 4.78 is 93.2. The molecule has 0 amide bonds. The maximum atomic E-state index is 14.4. The van der Waals surface area contributed by atoms with Crippen molar-refractivity contribution < 1.29 is 183 Å². The van der Waals surface area contributed by atoms with Crippen LogP contribution in [0.2, 0.25) is 0 Å². The fourth-order valence-electron chi connectivity index (χ4n) is 21.7. The number of esters is 1. The minimum Gasteiger partial charge on any atom is -0.458 e. The smallest absolute Gasteiger partial charge is 0.315 e. The van der Waals surface area contributed by atoms with E-state index in [1.807, 2.05) is 6.92 Å². The molecule has 5 saturated carbocycles. The highest BCUT2D eigenvalue weighted by Gasteiger charge is 2.83. The standard InChI is InChI=1S/C70H112O37/c1-25-37(78)43(84)47(88)57(95-25)102-51-30(21-74)99-60(50(91)53(51)104-58-48(89)44(85)39(80)27(18-71)96-58)103-52-41(82)29(20-73)98-62(55(52)106-56-46(87)38(79)26(76)22-93-56)100-31-23-94-61(54(42(31)83)105-59-49(90)45(86)40(81)28(19-72)97-59)101-36-10-11-66(5)32(64(36,2)3)8-12-67(6)33(66)9-13-70-34-16-65(4,24-75)14-15-69(34,63(92)107-70)35(77)17-68(67,70)7/h24-62,71-74,76-91H,8-23H2,1-7H3/t25-,26+,27+,28+,29+,30+,31-,32-,33+,34+,35+,36-,37-,38-,39+,40+,41+,42-,43+,44-,45-,46+,47+,48+,49+,50+,51+,52-,53+,54+,55+,56-,57-,58-,59-,60-,61-,62-,65-,66-,67+,68-,69+,70-/m0/s1. The van der Waals surface area contributed by atoms with Crippen molar-refractivity contribution in [1.29, 1.82) is 0 Å². The van der Waals surface area contributed by atoms with Crippen molar-refractivity contribution in [3.8, 4) is 0 Å². The first-order chi connectivity index (χ1) is 50.4. The van der Waals surface area contributed by atoms with Crippen molar-refractivity contribution in [3.05, 3.63) is 0 Å². The topological polar surface area (TPSA) is 577 Å². The minimum absolute atomic E-state index is 0.0319. The molecule has 5 aliphatic carbocycles. The first kappa shape index (κ1) is 82.8. The molecule has 13 fully saturated rings. The van der Waals surface area contributed by atoms with Crippen LogP contribution < -0.4 is 0 Å². The maximum Gasteiger partial charge on any atom is 0.315 e. The van der Waals surface area contributed by atoms with Crippen molar-refractivity contribution in [2.45, 2.75) is 333 Å². The molecule has 1 spiro atoms. The van der Waals surface area contributed by atoms with Crippen molar-refractivity contribution in [3.63, 3.8) is 0 Å². The van der Waals surface area contributed by atoms with Crippen molar-refractivity contribution >= 4 is 12.3 Å². The van der Waals surface area contributed by atoms with E-state index >= 15 is 0 Å². The summed E-state index contributed by atoms with van der Waals surface area (Å²) >= 11 is 0. The van der Waals surface area contributed by atoms with E-state index < -0.39 is 293 Å². The molecule has 13 aliphatic rings. The predicted molar refractivity (Wildman–Crippen MR) is 347 cm³/mol. The van der Waals surface area contributed by atoms with Crippen LogP contribution in [0.25, 0.3) is 0 Å². The number of fused-ring (bicyclic) bond motifs is 4. The Morgan fingerprint density at radius 3 is 1.53 bits per heavy atom. The molecule has 0 aromatic heterocycles. The van der Waals surface area contributed by atoms with E-state index in [2.05, 4.69) is 34.6 Å². The average Bonchev–Trinajstić information content (AvgIpc) is 1.55. The summed E-state index contributed by atoms with van der Waals surface area (Å²) in [5.41, 5.74) is -5.04. The first-order valence-corrected chi connectivity index (χ1v) is 37.5. The lowest BCUT2D eigenvalue weighted by Crippen LogP contribution is -2.74. The Morgan fingerprint density at radius 1 is 0.421 bits per heavy atom. The minimum atomic E-state index is -2.37. The highest BCUT2D eigenvalue weighted by Crippen LogP contribution is 2.81. The van der Waals surface area contributed by atoms with Gasteiger partial charge in [-0.05, 0) is 99.2 Å². The summed E-state index contributed by atoms with van der Waals surface area (Å²) in [5.74, 6) is -0.799. The van der Waals surface area contributed by atoms with Gasteiger partial charge in [-0.25, -0.2) is 0 Å². The summed E-state index contributed by atoms with van der Waals surface area (Å²) in [6, 6.07) is 0. The van der Waals surface area contributed by atoms with Gasteiger partial charge in [0.1, 0.15) is 170 Å². The molecule has 20 N–H and O–H groups in total. The largest absolute Gasteiger partial charge is 0.458 e. The quantitative estimate of drug-likeness (QED) is 0.0324. The lowest BCUT2D eigenvalue weighted by molar-refractivity contribution is -0.414. The molecular weight excluding hydrogens is 1430 g/mol. The SMILES string of the molecule is C[C@@H]1O[C@@H](O[C@H]2[C@H](O[C@@H]3O[C@H](CO)[C@@H](O)[C@H](O)[C@H]3O)[C@@H](O)[C@H](O[C@H]3[C@H](O)[C@@H](CO)O[C@@H](O[C@H]4CO[C@@H](O[C@H]5CC[C@]6(C)[C@H]7CC[C@]89OC(=O)[C@@]%10(CC[C@](C)(C=O)C[C@H]%108)[C@H](O)C[C@@]9(C)[C@]7(C)CC[C@H]6C5(C)C)[C@H](O[C@@H]5O[C@H](CO)[C@@H](O)[C@H](O)[C@H]5O)[C@H]4O)[C@@H]3O[C@@H]3OC[C@@H](O)[C@H](O)[C@H]3O)O[C@@H]2CO)[C@H](O)[C@H](O)[C@H]1O. The van der Waals surface area contributed by atoms with E-state index in [0.29, 0.717) is 64.2 Å². The number of hydrogen-bond donors (Lipinski definition) is 20. The number of aliphatic hydroxyl groups excluding tert-OH is 20. The van der Waals surface area contributed by atoms with Crippen molar-refractivity contribution in [1.82, 2.24) is 0 Å². The van der Waals surface area contributed by atoms with Gasteiger partial charge in [0.2, 0.25) is 0 Å². The summed E-state index contributed by atoms with van der Waals surface area (Å²) in [6.45, 7) is 8.71. The van der Waals surface area contributed by atoms with E-state index in [1.54, 1.807) is 0 Å². The first-order valence-electron chi connectivity index (χ1n) is 37.5. The van der Waals surface area contributed by atoms with Gasteiger partial charge in [-0.15, -0.1) is 0 Å². The van der Waals surface area contributed by atoms with Crippen LogP contribution >= 0.6 is 0 Å². The van der Waals surface area contributed by atoms with Gasteiger partial charge < -0.3 is 178 Å². The number of aldehydes is 1. The van der Waals surface area contributed by atoms with Crippen LogP contribution in [-0.4, -0.2) is 375 Å². The Kier molecular flexibility index (Phi) is 23.8. The van der Waals surface area contributed by atoms with E-state index in [9.17, 15) is 112 Å². The fourth-order valence-corrected chi connectivity index (χ4v) is 21.7. The summed E-state index contributed by atoms with van der Waals surface area (Å²) in [4.78, 5) is 27.1. The predicted octanol–water partition coefficient (Wildman–Crippen LogP) is -7.87. The van der Waals surface area contributed by atoms with Gasteiger partial charge in [-0.1, -0.05) is 41.5 Å². The monoisotopic (exact) mass is 1540 g/mol. The number of aliphatic hydroxyl groups is 20. The van der Waals surface area contributed by atoms with Gasteiger partial charge >= 0.3 is 5.97 Å². The molecule has 37 heteroatoms. The lowest BCUT2D eigenvalue weighted by Gasteiger charge is -2.74. The average molecular weight is 1550 g/mol. The van der Waals surface area contributed by atoms with Gasteiger partial charge in [-0.3, -0.25) is 4.79 Å². The third kappa shape index (κ3) is 13.4. The number of carbonyl (C=O) groups excluding carboxylic acids is 2.